The smallest absolute Gasteiger partial charge is 0.325 e. The van der Waals surface area contributed by atoms with Gasteiger partial charge in [0.25, 0.3) is 5.91 Å². The quantitative estimate of drug-likeness (QED) is 0.674. The second-order valence-electron chi connectivity index (χ2n) is 7.84. The molecule has 4 N–H and O–H groups in total. The van der Waals surface area contributed by atoms with Crippen LogP contribution in [0.2, 0.25) is 0 Å². The first-order chi connectivity index (χ1) is 12.4. The van der Waals surface area contributed by atoms with Crippen molar-refractivity contribution in [1.29, 1.82) is 0 Å². The fourth-order valence-electron chi connectivity index (χ4n) is 4.05. The van der Waals surface area contributed by atoms with Crippen LogP contribution in [-0.2, 0) is 11.3 Å². The van der Waals surface area contributed by atoms with E-state index < -0.39 is 5.54 Å². The van der Waals surface area contributed by atoms with Crippen molar-refractivity contribution in [1.82, 2.24) is 20.5 Å². The van der Waals surface area contributed by atoms with Gasteiger partial charge in [-0.25, -0.2) is 9.78 Å². The van der Waals surface area contributed by atoms with Crippen LogP contribution in [0.25, 0.3) is 0 Å². The molecule has 0 unspecified atom stereocenters. The minimum atomic E-state index is -0.776. The van der Waals surface area contributed by atoms with Crippen LogP contribution in [0.15, 0.2) is 18.3 Å². The topological polar surface area (TPSA) is 100 Å². The minimum Gasteiger partial charge on any atom is -0.384 e. The molecule has 0 radical (unpaired) electrons. The van der Waals surface area contributed by atoms with E-state index in [2.05, 4.69) is 29.5 Å². The molecule has 7 heteroatoms. The van der Waals surface area contributed by atoms with E-state index in [0.29, 0.717) is 18.2 Å². The van der Waals surface area contributed by atoms with E-state index in [9.17, 15) is 9.59 Å². The van der Waals surface area contributed by atoms with E-state index in [0.717, 1.165) is 37.9 Å². The molecule has 1 aromatic heterocycles. The molecule has 142 valence electrons. The Balaban J connectivity index is 1.85. The summed E-state index contributed by atoms with van der Waals surface area (Å²) in [6, 6.07) is 3.20. The average molecular weight is 359 g/mol. The molecule has 0 aliphatic carbocycles. The number of anilines is 1. The van der Waals surface area contributed by atoms with E-state index in [-0.39, 0.29) is 24.4 Å². The normalized spacial score (nSPS) is 24.3. The van der Waals surface area contributed by atoms with E-state index in [1.54, 1.807) is 18.3 Å². The van der Waals surface area contributed by atoms with Crippen molar-refractivity contribution in [3.8, 4) is 0 Å². The molecule has 0 saturated carbocycles. The number of carbonyl (C=O) groups excluding carboxylic acids is 2. The predicted octanol–water partition coefficient (Wildman–Crippen LogP) is 1.89. The van der Waals surface area contributed by atoms with Crippen molar-refractivity contribution in [3.63, 3.8) is 0 Å². The van der Waals surface area contributed by atoms with Gasteiger partial charge in [-0.05, 0) is 68.3 Å². The molecule has 3 rings (SSSR count). The average Bonchev–Trinajstić information content (AvgIpc) is 2.86. The first kappa shape index (κ1) is 18.6. The van der Waals surface area contributed by atoms with Crippen molar-refractivity contribution in [2.24, 2.45) is 11.8 Å². The van der Waals surface area contributed by atoms with Crippen molar-refractivity contribution < 1.29 is 9.59 Å². The van der Waals surface area contributed by atoms with Crippen LogP contribution in [0.5, 0.6) is 0 Å². The second kappa shape index (κ2) is 7.61. The Bertz CT molecular complexity index is 672. The molecule has 0 aromatic carbocycles. The molecule has 0 spiro atoms. The van der Waals surface area contributed by atoms with Gasteiger partial charge in [0, 0.05) is 6.20 Å². The van der Waals surface area contributed by atoms with Crippen LogP contribution in [0, 0.1) is 11.8 Å². The van der Waals surface area contributed by atoms with Crippen LogP contribution in [-0.4, -0.2) is 40.5 Å². The van der Waals surface area contributed by atoms with Gasteiger partial charge < -0.3 is 16.4 Å². The summed E-state index contributed by atoms with van der Waals surface area (Å²) >= 11 is 0. The van der Waals surface area contributed by atoms with E-state index in [1.807, 2.05) is 0 Å². The summed E-state index contributed by atoms with van der Waals surface area (Å²) in [5.74, 6) is 0.947. The lowest BCUT2D eigenvalue weighted by Crippen LogP contribution is -2.55. The van der Waals surface area contributed by atoms with Crippen LogP contribution in [0.4, 0.5) is 10.6 Å². The van der Waals surface area contributed by atoms with Gasteiger partial charge in [-0.2, -0.15) is 0 Å². The highest BCUT2D eigenvalue weighted by Gasteiger charge is 2.55. The number of nitrogens with two attached hydrogens (primary N) is 1. The molecule has 2 aliphatic heterocycles. The Morgan fingerprint density at radius 2 is 2.08 bits per heavy atom. The van der Waals surface area contributed by atoms with Gasteiger partial charge in [0.15, 0.2) is 0 Å². The fraction of sp³-hybridized carbons (Fsp3) is 0.632. The van der Waals surface area contributed by atoms with Crippen LogP contribution < -0.4 is 16.4 Å². The van der Waals surface area contributed by atoms with E-state index in [1.165, 1.54) is 4.90 Å². The molecular formula is C19H29N5O2. The van der Waals surface area contributed by atoms with Crippen LogP contribution >= 0.6 is 0 Å². The molecule has 3 heterocycles. The number of aromatic nitrogens is 1. The number of pyridine rings is 1. The molecule has 2 fully saturated rings. The molecule has 1 aromatic rings. The van der Waals surface area contributed by atoms with E-state index in [4.69, 9.17) is 5.73 Å². The van der Waals surface area contributed by atoms with Gasteiger partial charge in [-0.1, -0.05) is 13.8 Å². The van der Waals surface area contributed by atoms with Crippen LogP contribution in [0.3, 0.4) is 0 Å². The second-order valence-corrected chi connectivity index (χ2v) is 7.84. The van der Waals surface area contributed by atoms with Crippen molar-refractivity contribution in [2.75, 3.05) is 18.8 Å². The lowest BCUT2D eigenvalue weighted by Gasteiger charge is -2.38. The maximum atomic E-state index is 13.4. The number of imide groups is 1. The summed E-state index contributed by atoms with van der Waals surface area (Å²) in [6.45, 7) is 6.30. The standard InChI is InChI=1S/C19H29N5O2/c1-13(2)3-7-19(15-5-8-21-9-6-15)17(25)24(18(26)23-19)12-14-4-10-22-16(20)11-14/h4,10-11,13,15,21H,3,5-9,12H2,1-2H3,(H2,20,22)(H,23,26)/t19-/m0/s1. The highest BCUT2D eigenvalue weighted by Crippen LogP contribution is 2.37. The number of nitrogens with zero attached hydrogens (tertiary/aromatic N) is 2. The number of hydrogen-bond acceptors (Lipinski definition) is 5. The maximum absolute atomic E-state index is 13.4. The van der Waals surface area contributed by atoms with Gasteiger partial charge in [0.05, 0.1) is 6.54 Å². The monoisotopic (exact) mass is 359 g/mol. The summed E-state index contributed by atoms with van der Waals surface area (Å²) in [7, 11) is 0. The molecule has 26 heavy (non-hydrogen) atoms. The molecule has 7 nitrogen and oxygen atoms in total. The summed E-state index contributed by atoms with van der Waals surface area (Å²) in [5.41, 5.74) is 5.77. The largest absolute Gasteiger partial charge is 0.384 e. The zero-order chi connectivity index (χ0) is 18.7. The number of nitrogens with one attached hydrogen (secondary N) is 2. The van der Waals surface area contributed by atoms with Gasteiger partial charge in [0.1, 0.15) is 11.4 Å². The first-order valence-electron chi connectivity index (χ1n) is 9.47. The Morgan fingerprint density at radius 3 is 2.73 bits per heavy atom. The van der Waals surface area contributed by atoms with Crippen molar-refractivity contribution >= 4 is 17.8 Å². The highest BCUT2D eigenvalue weighted by atomic mass is 16.2. The number of nitrogen functional groups attached to an aromatic ring is 1. The Hall–Kier alpha value is -2.15. The first-order valence-corrected chi connectivity index (χ1v) is 9.47. The number of carbonyl (C=O) groups is 2. The summed E-state index contributed by atoms with van der Waals surface area (Å²) in [4.78, 5) is 31.4. The predicted molar refractivity (Wildman–Crippen MR) is 100 cm³/mol. The lowest BCUT2D eigenvalue weighted by atomic mass is 9.74. The summed E-state index contributed by atoms with van der Waals surface area (Å²) in [5, 5.41) is 6.44. The molecule has 0 bridgehead atoms. The third kappa shape index (κ3) is 3.67. The molecule has 1 atom stereocenters. The zero-order valence-corrected chi connectivity index (χ0v) is 15.6. The Morgan fingerprint density at radius 1 is 1.35 bits per heavy atom. The SMILES string of the molecule is CC(C)CC[C@@]1(C2CCNCC2)NC(=O)N(Cc2ccnc(N)c2)C1=O. The Kier molecular flexibility index (Phi) is 5.46. The van der Waals surface area contributed by atoms with Crippen LogP contribution in [0.1, 0.15) is 45.1 Å². The Labute approximate surface area is 154 Å². The maximum Gasteiger partial charge on any atom is 0.325 e. The van der Waals surface area contributed by atoms with Crippen molar-refractivity contribution in [3.05, 3.63) is 23.9 Å². The minimum absolute atomic E-state index is 0.0922. The number of urea groups is 1. The molecule has 3 amide bonds. The van der Waals surface area contributed by atoms with Gasteiger partial charge in [-0.3, -0.25) is 9.69 Å². The number of rotatable bonds is 6. The van der Waals surface area contributed by atoms with Crippen molar-refractivity contribution in [2.45, 2.75) is 51.6 Å². The third-order valence-corrected chi connectivity index (χ3v) is 5.54. The van der Waals surface area contributed by atoms with Gasteiger partial charge in [-0.15, -0.1) is 0 Å². The highest BCUT2D eigenvalue weighted by molar-refractivity contribution is 6.07. The fourth-order valence-corrected chi connectivity index (χ4v) is 4.05. The van der Waals surface area contributed by atoms with Gasteiger partial charge in [0.2, 0.25) is 0 Å². The molecule has 2 saturated heterocycles. The number of hydrogen-bond donors (Lipinski definition) is 3. The number of amides is 3. The summed E-state index contributed by atoms with van der Waals surface area (Å²) < 4.78 is 0. The van der Waals surface area contributed by atoms with Gasteiger partial charge >= 0.3 is 6.03 Å². The molecule has 2 aliphatic rings. The summed E-state index contributed by atoms with van der Waals surface area (Å²) in [6.07, 6.45) is 5.00. The molecular weight excluding hydrogens is 330 g/mol. The zero-order valence-electron chi connectivity index (χ0n) is 15.6. The van der Waals surface area contributed by atoms with E-state index >= 15 is 0 Å². The lowest BCUT2D eigenvalue weighted by molar-refractivity contribution is -0.134. The third-order valence-electron chi connectivity index (χ3n) is 5.54. The number of piperidine rings is 1.